The predicted octanol–water partition coefficient (Wildman–Crippen LogP) is 4.77. The first kappa shape index (κ1) is 18.3. The van der Waals surface area contributed by atoms with Crippen LogP contribution in [0.2, 0.25) is 5.02 Å². The van der Waals surface area contributed by atoms with Crippen LogP contribution in [0.4, 0.5) is 14.9 Å². The Morgan fingerprint density at radius 2 is 2.00 bits per heavy atom. The number of hydrogen-bond acceptors (Lipinski definition) is 2. The molecule has 2 heterocycles. The smallest absolute Gasteiger partial charge is 0.322 e. The fourth-order valence-corrected chi connectivity index (χ4v) is 4.57. The van der Waals surface area contributed by atoms with Gasteiger partial charge in [0.15, 0.2) is 0 Å². The molecule has 142 valence electrons. The highest BCUT2D eigenvalue weighted by Gasteiger charge is 2.42. The van der Waals surface area contributed by atoms with Gasteiger partial charge in [-0.3, -0.25) is 0 Å². The van der Waals surface area contributed by atoms with E-state index in [0.717, 1.165) is 24.8 Å². The maximum atomic E-state index is 13.8. The monoisotopic (exact) mass is 388 g/mol. The molecule has 2 saturated heterocycles. The quantitative estimate of drug-likeness (QED) is 0.795. The number of anilines is 1. The molecule has 1 aliphatic carbocycles. The third-order valence-corrected chi connectivity index (χ3v) is 6.03. The van der Waals surface area contributed by atoms with Crippen LogP contribution < -0.4 is 5.32 Å². The Bertz CT molecular complexity index is 843. The first-order valence-electron chi connectivity index (χ1n) is 9.29. The fourth-order valence-electron chi connectivity index (χ4n) is 4.45. The second-order valence-corrected chi connectivity index (χ2v) is 7.90. The molecular formula is C21H22ClFN2O2. The van der Waals surface area contributed by atoms with E-state index in [9.17, 15) is 14.3 Å². The van der Waals surface area contributed by atoms with Crippen molar-refractivity contribution < 1.29 is 14.3 Å². The predicted molar refractivity (Wildman–Crippen MR) is 104 cm³/mol. The molecule has 2 aliphatic heterocycles. The molecule has 4 nitrogen and oxygen atoms in total. The van der Waals surface area contributed by atoms with Crippen LogP contribution in [0.15, 0.2) is 42.5 Å². The van der Waals surface area contributed by atoms with Crippen LogP contribution in [0, 0.1) is 17.7 Å². The van der Waals surface area contributed by atoms with Crippen molar-refractivity contribution >= 4 is 23.3 Å². The molecule has 2 aromatic carbocycles. The van der Waals surface area contributed by atoms with Crippen LogP contribution >= 0.6 is 11.6 Å². The second kappa shape index (κ2) is 7.49. The number of nitrogens with zero attached hydrogens (tertiary/aromatic N) is 1. The average Bonchev–Trinajstić information content (AvgIpc) is 2.70. The summed E-state index contributed by atoms with van der Waals surface area (Å²) in [6, 6.07) is 11.3. The summed E-state index contributed by atoms with van der Waals surface area (Å²) in [6.07, 6.45) is 3.02. The van der Waals surface area contributed by atoms with Crippen molar-refractivity contribution in [3.05, 3.63) is 53.3 Å². The molecular weight excluding hydrogens is 367 g/mol. The summed E-state index contributed by atoms with van der Waals surface area (Å²) in [5.41, 5.74) is 1.95. The van der Waals surface area contributed by atoms with Crippen LogP contribution in [0.5, 0.6) is 0 Å². The van der Waals surface area contributed by atoms with Gasteiger partial charge in [0.1, 0.15) is 5.82 Å². The van der Waals surface area contributed by atoms with E-state index in [1.165, 1.54) is 12.1 Å². The first-order chi connectivity index (χ1) is 13.0. The van der Waals surface area contributed by atoms with Crippen molar-refractivity contribution in [3.8, 4) is 11.1 Å². The van der Waals surface area contributed by atoms with Crippen LogP contribution in [-0.4, -0.2) is 35.2 Å². The van der Waals surface area contributed by atoms with Crippen molar-refractivity contribution in [3.63, 3.8) is 0 Å². The number of piperidine rings is 2. The normalized spacial score (nSPS) is 24.1. The van der Waals surface area contributed by atoms with E-state index in [4.69, 9.17) is 11.6 Å². The van der Waals surface area contributed by atoms with Gasteiger partial charge in [-0.15, -0.1) is 0 Å². The Kier molecular flexibility index (Phi) is 5.06. The molecule has 3 atom stereocenters. The number of halogens is 2. The molecule has 2 aromatic rings. The maximum Gasteiger partial charge on any atom is 0.322 e. The van der Waals surface area contributed by atoms with E-state index in [1.54, 1.807) is 30.3 Å². The summed E-state index contributed by atoms with van der Waals surface area (Å²) in [5.74, 6) is 0.226. The van der Waals surface area contributed by atoms with Gasteiger partial charge in [0.2, 0.25) is 0 Å². The van der Waals surface area contributed by atoms with Crippen LogP contribution in [0.3, 0.4) is 0 Å². The highest BCUT2D eigenvalue weighted by atomic mass is 35.5. The van der Waals surface area contributed by atoms with Gasteiger partial charge < -0.3 is 15.3 Å². The lowest BCUT2D eigenvalue weighted by atomic mass is 9.73. The third kappa shape index (κ3) is 3.66. The number of urea groups is 1. The molecule has 3 aliphatic rings. The summed E-state index contributed by atoms with van der Waals surface area (Å²) >= 11 is 5.95. The van der Waals surface area contributed by atoms with Crippen LogP contribution in [0.1, 0.15) is 19.3 Å². The summed E-state index contributed by atoms with van der Waals surface area (Å²) < 4.78 is 13.8. The van der Waals surface area contributed by atoms with E-state index < -0.39 is 0 Å². The number of aliphatic hydroxyl groups is 1. The number of benzene rings is 2. The number of fused-ring (bicyclic) bond motifs is 3. The van der Waals surface area contributed by atoms with E-state index in [0.29, 0.717) is 28.7 Å². The van der Waals surface area contributed by atoms with Gasteiger partial charge in [-0.25, -0.2) is 9.18 Å². The fraction of sp³-hybridized carbons (Fsp3) is 0.381. The Balaban J connectivity index is 1.59. The number of nitrogens with one attached hydrogen (secondary N) is 1. The maximum absolute atomic E-state index is 13.8. The molecule has 3 fully saturated rings. The standard InChI is InChI=1S/C21H22ClFN2O2/c22-16-4-2-14(3-5-16)18-10-17(23)6-7-19(18)24-21(27)25-11-13-1-8-20(25)15(9-13)12-26/h2-7,10,13,15,20,26H,1,8-9,11-12H2,(H,24,27). The molecule has 27 heavy (non-hydrogen) atoms. The number of hydrogen-bond donors (Lipinski definition) is 2. The van der Waals surface area contributed by atoms with Gasteiger partial charge in [-0.05, 0) is 61.1 Å². The zero-order valence-corrected chi connectivity index (χ0v) is 15.6. The second-order valence-electron chi connectivity index (χ2n) is 7.47. The minimum Gasteiger partial charge on any atom is -0.396 e. The van der Waals surface area contributed by atoms with Gasteiger partial charge in [0.05, 0.1) is 5.69 Å². The zero-order chi connectivity index (χ0) is 19.0. The van der Waals surface area contributed by atoms with E-state index >= 15 is 0 Å². The number of carbonyl (C=O) groups excluding carboxylic acids is 1. The number of rotatable bonds is 3. The molecule has 1 saturated carbocycles. The molecule has 3 unspecified atom stereocenters. The molecule has 0 spiro atoms. The Hall–Kier alpha value is -2.11. The summed E-state index contributed by atoms with van der Waals surface area (Å²) in [6.45, 7) is 0.821. The Morgan fingerprint density at radius 3 is 2.70 bits per heavy atom. The lowest BCUT2D eigenvalue weighted by Crippen LogP contribution is -2.57. The zero-order valence-electron chi connectivity index (χ0n) is 14.9. The third-order valence-electron chi connectivity index (χ3n) is 5.78. The molecule has 5 rings (SSSR count). The topological polar surface area (TPSA) is 52.6 Å². The SMILES string of the molecule is O=C(Nc1ccc(F)cc1-c1ccc(Cl)cc1)N1CC2CCC1C(CO)C2. The molecule has 2 bridgehead atoms. The lowest BCUT2D eigenvalue weighted by Gasteiger charge is -2.49. The average molecular weight is 389 g/mol. The van der Waals surface area contributed by atoms with Crippen LogP contribution in [0.25, 0.3) is 11.1 Å². The molecule has 2 N–H and O–H groups in total. The van der Waals surface area contributed by atoms with E-state index in [-0.39, 0.29) is 30.4 Å². The van der Waals surface area contributed by atoms with Crippen molar-refractivity contribution in [2.75, 3.05) is 18.5 Å². The minimum absolute atomic E-state index is 0.0689. The van der Waals surface area contributed by atoms with E-state index in [2.05, 4.69) is 5.32 Å². The summed E-state index contributed by atoms with van der Waals surface area (Å²) in [7, 11) is 0. The minimum atomic E-state index is -0.365. The number of aliphatic hydroxyl groups excluding tert-OH is 1. The van der Waals surface area contributed by atoms with Crippen LogP contribution in [-0.2, 0) is 0 Å². The van der Waals surface area contributed by atoms with Gasteiger partial charge in [0.25, 0.3) is 0 Å². The summed E-state index contributed by atoms with van der Waals surface area (Å²) in [5, 5.41) is 13.2. The van der Waals surface area contributed by atoms with Gasteiger partial charge >= 0.3 is 6.03 Å². The van der Waals surface area contributed by atoms with Crippen molar-refractivity contribution in [2.24, 2.45) is 11.8 Å². The molecule has 0 radical (unpaired) electrons. The molecule has 6 heteroatoms. The van der Waals surface area contributed by atoms with Crippen molar-refractivity contribution in [1.29, 1.82) is 0 Å². The highest BCUT2D eigenvalue weighted by Crippen LogP contribution is 2.39. The molecule has 2 amide bonds. The van der Waals surface area contributed by atoms with Crippen molar-refractivity contribution in [2.45, 2.75) is 25.3 Å². The van der Waals surface area contributed by atoms with Gasteiger partial charge in [-0.1, -0.05) is 23.7 Å². The molecule has 0 aromatic heterocycles. The Morgan fingerprint density at radius 1 is 1.22 bits per heavy atom. The lowest BCUT2D eigenvalue weighted by molar-refractivity contribution is 0.00754. The first-order valence-corrected chi connectivity index (χ1v) is 9.67. The summed E-state index contributed by atoms with van der Waals surface area (Å²) in [4.78, 5) is 14.8. The number of amides is 2. The van der Waals surface area contributed by atoms with Gasteiger partial charge in [-0.2, -0.15) is 0 Å². The number of carbonyl (C=O) groups is 1. The highest BCUT2D eigenvalue weighted by molar-refractivity contribution is 6.30. The van der Waals surface area contributed by atoms with E-state index in [1.807, 2.05) is 4.90 Å². The van der Waals surface area contributed by atoms with Crippen molar-refractivity contribution in [1.82, 2.24) is 4.90 Å². The largest absolute Gasteiger partial charge is 0.396 e. The Labute approximate surface area is 162 Å². The van der Waals surface area contributed by atoms with Gasteiger partial charge in [0, 0.05) is 35.7 Å².